The van der Waals surface area contributed by atoms with Gasteiger partial charge in [-0.25, -0.2) is 21.1 Å². The summed E-state index contributed by atoms with van der Waals surface area (Å²) in [7, 11) is -5.39. The molecule has 0 unspecified atom stereocenters. The fraction of sp³-hybridized carbons (Fsp3) is 0.538. The Morgan fingerprint density at radius 3 is 2.18 bits per heavy atom. The summed E-state index contributed by atoms with van der Waals surface area (Å²) in [5, 5.41) is 0.192. The summed E-state index contributed by atoms with van der Waals surface area (Å²) in [6, 6.07) is 6.15. The van der Waals surface area contributed by atoms with Gasteiger partial charge in [-0.2, -0.15) is 4.31 Å². The SMILES string of the molecule is CN(C1CCN(S(=O)(=O)c2ccccc2Cl)CC1)S(C)(=O)=O. The van der Waals surface area contributed by atoms with Crippen molar-refractivity contribution in [2.75, 3.05) is 26.4 Å². The van der Waals surface area contributed by atoms with E-state index in [-0.39, 0.29) is 29.0 Å². The summed E-state index contributed by atoms with van der Waals surface area (Å²) in [6.45, 7) is 0.552. The first-order chi connectivity index (χ1) is 10.1. The van der Waals surface area contributed by atoms with Crippen LogP contribution in [0.3, 0.4) is 0 Å². The molecule has 1 aliphatic rings. The molecular weight excluding hydrogens is 348 g/mol. The molecule has 0 N–H and O–H groups in total. The number of piperidine rings is 1. The van der Waals surface area contributed by atoms with Crippen LogP contribution in [0.5, 0.6) is 0 Å². The molecule has 1 aliphatic heterocycles. The van der Waals surface area contributed by atoms with Crippen molar-refractivity contribution < 1.29 is 16.8 Å². The van der Waals surface area contributed by atoms with Crippen molar-refractivity contribution in [2.45, 2.75) is 23.8 Å². The Morgan fingerprint density at radius 1 is 1.14 bits per heavy atom. The molecule has 0 radical (unpaired) electrons. The van der Waals surface area contributed by atoms with Gasteiger partial charge < -0.3 is 0 Å². The molecule has 0 aromatic heterocycles. The first-order valence-corrected chi connectivity index (χ1v) is 10.5. The molecule has 124 valence electrons. The summed E-state index contributed by atoms with van der Waals surface area (Å²) in [5.74, 6) is 0. The van der Waals surface area contributed by atoms with Crippen LogP contribution in [0.15, 0.2) is 29.2 Å². The van der Waals surface area contributed by atoms with Gasteiger partial charge in [0.15, 0.2) is 0 Å². The van der Waals surface area contributed by atoms with Gasteiger partial charge in [0.05, 0.1) is 11.3 Å². The van der Waals surface area contributed by atoms with Crippen LogP contribution in [-0.4, -0.2) is 57.9 Å². The molecule has 0 atom stereocenters. The Morgan fingerprint density at radius 2 is 1.68 bits per heavy atom. The molecule has 22 heavy (non-hydrogen) atoms. The highest BCUT2D eigenvalue weighted by Crippen LogP contribution is 2.27. The fourth-order valence-corrected chi connectivity index (χ4v) is 5.23. The maximum atomic E-state index is 12.6. The molecule has 0 bridgehead atoms. The topological polar surface area (TPSA) is 74.8 Å². The minimum Gasteiger partial charge on any atom is -0.213 e. The molecule has 9 heteroatoms. The smallest absolute Gasteiger partial charge is 0.213 e. The number of sulfonamides is 2. The predicted molar refractivity (Wildman–Crippen MR) is 85.8 cm³/mol. The van der Waals surface area contributed by atoms with Crippen molar-refractivity contribution in [2.24, 2.45) is 0 Å². The van der Waals surface area contributed by atoms with Gasteiger partial charge in [-0.05, 0) is 25.0 Å². The van der Waals surface area contributed by atoms with Crippen LogP contribution in [0, 0.1) is 0 Å². The zero-order valence-electron chi connectivity index (χ0n) is 12.4. The molecular formula is C13H19ClN2O4S2. The second-order valence-electron chi connectivity index (χ2n) is 5.34. The summed E-state index contributed by atoms with van der Waals surface area (Å²) in [4.78, 5) is 0.0894. The van der Waals surface area contributed by atoms with Gasteiger partial charge in [0.1, 0.15) is 4.90 Å². The quantitative estimate of drug-likeness (QED) is 0.806. The third kappa shape index (κ3) is 3.62. The number of nitrogens with zero attached hydrogens (tertiary/aromatic N) is 2. The summed E-state index contributed by atoms with van der Waals surface area (Å²) < 4.78 is 51.0. The van der Waals surface area contributed by atoms with Crippen LogP contribution >= 0.6 is 11.6 Å². The lowest BCUT2D eigenvalue weighted by Crippen LogP contribution is -2.46. The van der Waals surface area contributed by atoms with Gasteiger partial charge in [-0.1, -0.05) is 23.7 Å². The summed E-state index contributed by atoms with van der Waals surface area (Å²) in [5.41, 5.74) is 0. The van der Waals surface area contributed by atoms with E-state index in [0.29, 0.717) is 12.8 Å². The number of halogens is 1. The lowest BCUT2D eigenvalue weighted by atomic mass is 10.1. The van der Waals surface area contributed by atoms with Crippen molar-refractivity contribution in [3.63, 3.8) is 0 Å². The largest absolute Gasteiger partial charge is 0.244 e. The molecule has 0 saturated carbocycles. The molecule has 1 saturated heterocycles. The molecule has 2 rings (SSSR count). The average molecular weight is 367 g/mol. The summed E-state index contributed by atoms with van der Waals surface area (Å²) in [6.07, 6.45) is 2.08. The highest BCUT2D eigenvalue weighted by molar-refractivity contribution is 7.89. The standard InChI is InChI=1S/C13H19ClN2O4S2/c1-15(21(2,17)18)11-7-9-16(10-8-11)22(19,20)13-6-4-3-5-12(13)14/h3-6,11H,7-10H2,1-2H3. The first kappa shape index (κ1) is 17.7. The average Bonchev–Trinajstić information content (AvgIpc) is 2.46. The second-order valence-corrected chi connectivity index (χ2v) is 9.70. The van der Waals surface area contributed by atoms with E-state index in [2.05, 4.69) is 0 Å². The number of rotatable bonds is 4. The third-order valence-corrected chi connectivity index (χ3v) is 7.66. The van der Waals surface area contributed by atoms with Crippen molar-refractivity contribution in [3.8, 4) is 0 Å². The van der Waals surface area contributed by atoms with Crippen LogP contribution in [0.2, 0.25) is 5.02 Å². The van der Waals surface area contributed by atoms with Crippen LogP contribution < -0.4 is 0 Å². The van der Waals surface area contributed by atoms with E-state index in [4.69, 9.17) is 11.6 Å². The Labute approximate surface area is 136 Å². The van der Waals surface area contributed by atoms with Gasteiger partial charge in [0.25, 0.3) is 0 Å². The lowest BCUT2D eigenvalue weighted by molar-refractivity contribution is 0.239. The lowest BCUT2D eigenvalue weighted by Gasteiger charge is -2.35. The third-order valence-electron chi connectivity index (χ3n) is 3.92. The van der Waals surface area contributed by atoms with Crippen LogP contribution in [0.1, 0.15) is 12.8 Å². The van der Waals surface area contributed by atoms with Gasteiger partial charge in [0, 0.05) is 26.2 Å². The van der Waals surface area contributed by atoms with Crippen LogP contribution in [0.4, 0.5) is 0 Å². The van der Waals surface area contributed by atoms with Crippen molar-refractivity contribution in [1.82, 2.24) is 8.61 Å². The van der Waals surface area contributed by atoms with E-state index >= 15 is 0 Å². The van der Waals surface area contributed by atoms with E-state index in [1.165, 1.54) is 21.7 Å². The Bertz CT molecular complexity index is 741. The number of hydrogen-bond donors (Lipinski definition) is 0. The maximum Gasteiger partial charge on any atom is 0.244 e. The molecule has 1 fully saturated rings. The van der Waals surface area contributed by atoms with Gasteiger partial charge >= 0.3 is 0 Å². The number of hydrogen-bond acceptors (Lipinski definition) is 4. The highest BCUT2D eigenvalue weighted by Gasteiger charge is 2.33. The van der Waals surface area contributed by atoms with Crippen LogP contribution in [-0.2, 0) is 20.0 Å². The molecule has 6 nitrogen and oxygen atoms in total. The Balaban J connectivity index is 2.13. The van der Waals surface area contributed by atoms with E-state index in [0.717, 1.165) is 6.26 Å². The minimum atomic E-state index is -3.64. The maximum absolute atomic E-state index is 12.6. The van der Waals surface area contributed by atoms with Gasteiger partial charge in [0.2, 0.25) is 20.0 Å². The Kier molecular flexibility index (Phi) is 5.18. The molecule has 0 amide bonds. The first-order valence-electron chi connectivity index (χ1n) is 6.81. The fourth-order valence-electron chi connectivity index (χ4n) is 2.51. The molecule has 0 spiro atoms. The molecule has 0 aliphatic carbocycles. The highest BCUT2D eigenvalue weighted by atomic mass is 35.5. The van der Waals surface area contributed by atoms with Crippen molar-refractivity contribution in [1.29, 1.82) is 0 Å². The van der Waals surface area contributed by atoms with Crippen molar-refractivity contribution in [3.05, 3.63) is 29.3 Å². The van der Waals surface area contributed by atoms with E-state index < -0.39 is 20.0 Å². The molecule has 1 aromatic rings. The minimum absolute atomic E-state index is 0.0894. The van der Waals surface area contributed by atoms with Crippen molar-refractivity contribution >= 4 is 31.6 Å². The zero-order chi connectivity index (χ0) is 16.5. The number of benzene rings is 1. The van der Waals surface area contributed by atoms with Gasteiger partial charge in [-0.3, -0.25) is 0 Å². The van der Waals surface area contributed by atoms with E-state index in [1.54, 1.807) is 18.2 Å². The van der Waals surface area contributed by atoms with Crippen LogP contribution in [0.25, 0.3) is 0 Å². The normalized spacial score (nSPS) is 18.7. The van der Waals surface area contributed by atoms with E-state index in [9.17, 15) is 16.8 Å². The monoisotopic (exact) mass is 366 g/mol. The zero-order valence-corrected chi connectivity index (χ0v) is 14.8. The van der Waals surface area contributed by atoms with E-state index in [1.807, 2.05) is 0 Å². The van der Waals surface area contributed by atoms with Gasteiger partial charge in [-0.15, -0.1) is 0 Å². The molecule has 1 aromatic carbocycles. The second kappa shape index (κ2) is 6.45. The Hall–Kier alpha value is -0.670. The summed E-state index contributed by atoms with van der Waals surface area (Å²) >= 11 is 5.97. The predicted octanol–water partition coefficient (Wildman–Crippen LogP) is 1.38. The molecule has 1 heterocycles.